The Labute approximate surface area is 346 Å². The zero-order valence-corrected chi connectivity index (χ0v) is 31.9. The van der Waals surface area contributed by atoms with Crippen LogP contribution in [0.1, 0.15) is 53.4 Å². The molecule has 1 N–H and O–H groups in total. The summed E-state index contributed by atoms with van der Waals surface area (Å²) in [6.07, 6.45) is 1.41. The molecular weight excluding hydrogens is 765 g/mol. The van der Waals surface area contributed by atoms with Gasteiger partial charge in [-0.3, -0.25) is 14.8 Å². The van der Waals surface area contributed by atoms with E-state index in [2.05, 4.69) is 5.10 Å². The standard InChI is InChI=1S/C21H21ClN2O3.C20H20ClN3O3.3CH4/c1-3-27-21(25)13-8-17-14-20(15-4-6-16(22)7-5-15)24(23-17)18-9-11-19(26-2)12-10-18;1-23(26)20(25)12-7-16-13-19(14-3-5-15(21)6-4-14)24(22-16)17-8-10-18(27-2)11-9-17;;;/h4-7,9-12,14H,3,8,13H2,1-2H3;3-6,8-11,13,26H,7,12H2,1-2H3;3*1H4. The zero-order chi connectivity index (χ0) is 38.6. The number of aromatic nitrogens is 4. The lowest BCUT2D eigenvalue weighted by molar-refractivity contribution is -0.159. The van der Waals surface area contributed by atoms with Crippen molar-refractivity contribution in [2.24, 2.45) is 0 Å². The maximum Gasteiger partial charge on any atom is 0.306 e. The summed E-state index contributed by atoms with van der Waals surface area (Å²) in [7, 11) is 4.57. The first-order valence-corrected chi connectivity index (χ1v) is 17.9. The molecule has 2 aromatic heterocycles. The summed E-state index contributed by atoms with van der Waals surface area (Å²) in [5.74, 6) is 0.962. The van der Waals surface area contributed by atoms with Crippen LogP contribution >= 0.6 is 23.2 Å². The van der Waals surface area contributed by atoms with Crippen molar-refractivity contribution in [1.82, 2.24) is 24.6 Å². The Morgan fingerprint density at radius 3 is 1.39 bits per heavy atom. The van der Waals surface area contributed by atoms with E-state index < -0.39 is 0 Å². The summed E-state index contributed by atoms with van der Waals surface area (Å²) < 4.78 is 19.1. The molecule has 0 aliphatic rings. The number of ether oxygens (including phenoxy) is 3. The van der Waals surface area contributed by atoms with Crippen LogP contribution in [0.4, 0.5) is 0 Å². The molecule has 0 radical (unpaired) electrons. The number of carbonyl (C=O) groups is 2. The van der Waals surface area contributed by atoms with E-state index in [0.717, 1.165) is 56.8 Å². The number of benzene rings is 4. The van der Waals surface area contributed by atoms with Gasteiger partial charge in [-0.05, 0) is 91.9 Å². The van der Waals surface area contributed by atoms with Gasteiger partial charge < -0.3 is 14.2 Å². The SMILES string of the molecule is C.C.C.CCOC(=O)CCc1cc(-c2ccc(Cl)cc2)n(-c2ccc(OC)cc2)n1.COc1ccc(-n2nc(CCC(=O)N(C)O)cc2-c2ccc(Cl)cc2)cc1. The molecule has 0 saturated carbocycles. The van der Waals surface area contributed by atoms with Crippen molar-refractivity contribution in [2.75, 3.05) is 27.9 Å². The minimum atomic E-state index is -0.359. The first-order valence-electron chi connectivity index (χ1n) is 17.2. The average Bonchev–Trinajstić information content (AvgIpc) is 3.82. The van der Waals surface area contributed by atoms with Crippen LogP contribution in [0.5, 0.6) is 11.5 Å². The van der Waals surface area contributed by atoms with Crippen molar-refractivity contribution in [1.29, 1.82) is 0 Å². The molecule has 0 unspecified atom stereocenters. The summed E-state index contributed by atoms with van der Waals surface area (Å²) in [6.45, 7) is 2.18. The number of methoxy groups -OCH3 is 2. The molecule has 304 valence electrons. The molecule has 0 saturated heterocycles. The fraction of sp³-hybridized carbons (Fsp3) is 0.273. The number of esters is 1. The van der Waals surface area contributed by atoms with E-state index in [0.29, 0.717) is 41.0 Å². The molecule has 0 aliphatic heterocycles. The lowest BCUT2D eigenvalue weighted by Gasteiger charge is -2.09. The number of carbonyl (C=O) groups excluding carboxylic acids is 2. The molecule has 0 fully saturated rings. The number of rotatable bonds is 13. The van der Waals surface area contributed by atoms with Crippen molar-refractivity contribution in [2.45, 2.75) is 54.9 Å². The van der Waals surface area contributed by atoms with E-state index in [1.165, 1.54) is 7.05 Å². The highest BCUT2D eigenvalue weighted by molar-refractivity contribution is 6.30. The molecule has 0 atom stereocenters. The second-order valence-electron chi connectivity index (χ2n) is 12.0. The van der Waals surface area contributed by atoms with Crippen LogP contribution in [0.25, 0.3) is 33.9 Å². The van der Waals surface area contributed by atoms with E-state index in [1.807, 2.05) is 119 Å². The second-order valence-corrected chi connectivity index (χ2v) is 12.9. The maximum atomic E-state index is 11.7. The summed E-state index contributed by atoms with van der Waals surface area (Å²) in [6, 6.07) is 34.3. The van der Waals surface area contributed by atoms with Gasteiger partial charge in [0.1, 0.15) is 11.5 Å². The Balaban J connectivity index is 0.000000374. The van der Waals surface area contributed by atoms with Crippen LogP contribution in [0, 0.1) is 0 Å². The van der Waals surface area contributed by atoms with E-state index in [4.69, 9.17) is 42.5 Å². The van der Waals surface area contributed by atoms with Crippen LogP contribution in [-0.4, -0.2) is 69.6 Å². The van der Waals surface area contributed by atoms with Gasteiger partial charge in [0, 0.05) is 47.5 Å². The summed E-state index contributed by atoms with van der Waals surface area (Å²) in [5, 5.41) is 20.5. The Hall–Kier alpha value is -5.62. The van der Waals surface area contributed by atoms with Crippen LogP contribution < -0.4 is 9.47 Å². The molecule has 2 heterocycles. The van der Waals surface area contributed by atoms with Crippen LogP contribution in [-0.2, 0) is 27.2 Å². The highest BCUT2D eigenvalue weighted by atomic mass is 35.5. The van der Waals surface area contributed by atoms with Gasteiger partial charge >= 0.3 is 5.97 Å². The number of nitrogens with zero attached hydrogens (tertiary/aromatic N) is 5. The average molecular weight is 819 g/mol. The summed E-state index contributed by atoms with van der Waals surface area (Å²) >= 11 is 12.0. The van der Waals surface area contributed by atoms with E-state index >= 15 is 0 Å². The molecule has 4 aromatic carbocycles. The number of halogens is 2. The first kappa shape index (κ1) is 47.5. The van der Waals surface area contributed by atoms with Crippen molar-refractivity contribution in [3.63, 3.8) is 0 Å². The zero-order valence-electron chi connectivity index (χ0n) is 30.4. The number of hydrogen-bond acceptors (Lipinski definition) is 8. The molecule has 11 nitrogen and oxygen atoms in total. The minimum Gasteiger partial charge on any atom is -0.497 e. The highest BCUT2D eigenvalue weighted by Crippen LogP contribution is 2.29. The molecule has 1 amide bonds. The Morgan fingerprint density at radius 2 is 1.04 bits per heavy atom. The van der Waals surface area contributed by atoms with E-state index in [1.54, 1.807) is 21.1 Å². The Bertz CT molecular complexity index is 2130. The fourth-order valence-electron chi connectivity index (χ4n) is 5.46. The van der Waals surface area contributed by atoms with E-state index in [-0.39, 0.29) is 40.6 Å². The van der Waals surface area contributed by atoms with Gasteiger partial charge in [-0.1, -0.05) is 69.7 Å². The van der Waals surface area contributed by atoms with Crippen LogP contribution in [0.2, 0.25) is 10.0 Å². The van der Waals surface area contributed by atoms with Gasteiger partial charge in [-0.15, -0.1) is 0 Å². The Kier molecular flexibility index (Phi) is 19.0. The van der Waals surface area contributed by atoms with Gasteiger partial charge in [0.05, 0.1) is 61.4 Å². The molecule has 0 bridgehead atoms. The van der Waals surface area contributed by atoms with Crippen molar-refractivity contribution in [3.05, 3.63) is 131 Å². The number of aryl methyl sites for hydroxylation is 2. The second kappa shape index (κ2) is 22.8. The predicted molar refractivity (Wildman–Crippen MR) is 229 cm³/mol. The van der Waals surface area contributed by atoms with Gasteiger partial charge in [-0.2, -0.15) is 10.2 Å². The smallest absolute Gasteiger partial charge is 0.306 e. The molecule has 13 heteroatoms. The maximum absolute atomic E-state index is 11.7. The third-order valence-corrected chi connectivity index (χ3v) is 8.78. The monoisotopic (exact) mass is 817 g/mol. The molecule has 57 heavy (non-hydrogen) atoms. The largest absolute Gasteiger partial charge is 0.497 e. The molecule has 0 aliphatic carbocycles. The number of hydrogen-bond donors (Lipinski definition) is 1. The topological polar surface area (TPSA) is 121 Å². The van der Waals surface area contributed by atoms with Crippen molar-refractivity contribution < 1.29 is 29.0 Å². The Morgan fingerprint density at radius 1 is 0.649 bits per heavy atom. The minimum absolute atomic E-state index is 0. The van der Waals surface area contributed by atoms with Gasteiger partial charge in [0.2, 0.25) is 5.91 Å². The number of hydroxylamine groups is 2. The number of amides is 1. The van der Waals surface area contributed by atoms with Gasteiger partial charge in [-0.25, -0.2) is 14.4 Å². The first-order chi connectivity index (χ1) is 26.1. The van der Waals surface area contributed by atoms with Crippen LogP contribution in [0.15, 0.2) is 109 Å². The van der Waals surface area contributed by atoms with Gasteiger partial charge in [0.15, 0.2) is 0 Å². The van der Waals surface area contributed by atoms with Gasteiger partial charge in [0.25, 0.3) is 0 Å². The molecule has 0 spiro atoms. The highest BCUT2D eigenvalue weighted by Gasteiger charge is 2.16. The summed E-state index contributed by atoms with van der Waals surface area (Å²) in [4.78, 5) is 23.3. The van der Waals surface area contributed by atoms with Crippen LogP contribution in [0.3, 0.4) is 0 Å². The summed E-state index contributed by atoms with van der Waals surface area (Å²) in [5.41, 5.74) is 7.12. The lowest BCUT2D eigenvalue weighted by atomic mass is 10.1. The normalized spacial score (nSPS) is 10.1. The lowest BCUT2D eigenvalue weighted by Crippen LogP contribution is -2.22. The fourth-order valence-corrected chi connectivity index (χ4v) is 5.71. The van der Waals surface area contributed by atoms with E-state index in [9.17, 15) is 14.8 Å². The predicted octanol–water partition coefficient (Wildman–Crippen LogP) is 10.6. The molecule has 6 rings (SSSR count). The quantitative estimate of drug-likeness (QED) is 0.0695. The van der Waals surface area contributed by atoms with Crippen molar-refractivity contribution >= 4 is 35.1 Å². The third-order valence-electron chi connectivity index (χ3n) is 8.28. The van der Waals surface area contributed by atoms with Crippen molar-refractivity contribution in [3.8, 4) is 45.4 Å². The molecular formula is C44H53Cl2N5O6. The third kappa shape index (κ3) is 13.0. The molecule has 6 aromatic rings.